The molecule has 14 heavy (non-hydrogen) atoms. The Morgan fingerprint density at radius 3 is 2.64 bits per heavy atom. The molecule has 0 aliphatic rings. The van der Waals surface area contributed by atoms with E-state index in [0.29, 0.717) is 5.46 Å². The third-order valence-corrected chi connectivity index (χ3v) is 2.45. The van der Waals surface area contributed by atoms with Crippen LogP contribution in [-0.4, -0.2) is 22.2 Å². The van der Waals surface area contributed by atoms with Crippen molar-refractivity contribution in [2.45, 2.75) is 13.8 Å². The molecule has 2 rings (SSSR count). The molecule has 0 fully saturated rings. The van der Waals surface area contributed by atoms with Gasteiger partial charge in [0, 0.05) is 0 Å². The number of thiazole rings is 1. The van der Waals surface area contributed by atoms with Gasteiger partial charge in [-0.3, -0.25) is 0 Å². The minimum Gasteiger partial charge on any atom is -0.423 e. The van der Waals surface area contributed by atoms with Crippen molar-refractivity contribution >= 4 is 34.1 Å². The maximum absolute atomic E-state index is 8.86. The van der Waals surface area contributed by atoms with Crippen molar-refractivity contribution < 1.29 is 10.0 Å². The van der Waals surface area contributed by atoms with Crippen molar-refractivity contribution in [3.63, 3.8) is 0 Å². The predicted molar refractivity (Wildman–Crippen MR) is 60.8 cm³/mol. The molecule has 0 radical (unpaired) electrons. The molecule has 0 saturated heterocycles. The zero-order valence-electron chi connectivity index (χ0n) is 8.14. The summed E-state index contributed by atoms with van der Waals surface area (Å²) in [6, 6.07) is 5.17. The second-order valence-electron chi connectivity index (χ2n) is 2.45. The maximum atomic E-state index is 8.86. The lowest BCUT2D eigenvalue weighted by Crippen LogP contribution is -2.29. The number of hydrogen-bond donors (Lipinski definition) is 2. The van der Waals surface area contributed by atoms with Crippen LogP contribution in [0.1, 0.15) is 13.8 Å². The Bertz CT molecular complexity index is 402. The monoisotopic (exact) mass is 209 g/mol. The van der Waals surface area contributed by atoms with Gasteiger partial charge < -0.3 is 10.0 Å². The molecular formula is C9H12BNO2S. The number of fused-ring (bicyclic) bond motifs is 1. The van der Waals surface area contributed by atoms with Crippen LogP contribution in [-0.2, 0) is 0 Å². The molecule has 0 amide bonds. The minimum absolute atomic E-state index is 0.506. The summed E-state index contributed by atoms with van der Waals surface area (Å²) < 4.78 is 0.973. The van der Waals surface area contributed by atoms with Crippen LogP contribution < -0.4 is 5.46 Å². The van der Waals surface area contributed by atoms with Crippen LogP contribution in [0.3, 0.4) is 0 Å². The van der Waals surface area contributed by atoms with Gasteiger partial charge >= 0.3 is 7.12 Å². The van der Waals surface area contributed by atoms with E-state index in [1.54, 1.807) is 23.7 Å². The Morgan fingerprint density at radius 2 is 2.00 bits per heavy atom. The van der Waals surface area contributed by atoms with Crippen LogP contribution in [0, 0.1) is 0 Å². The summed E-state index contributed by atoms with van der Waals surface area (Å²) in [5.74, 6) is 0. The van der Waals surface area contributed by atoms with E-state index in [0.717, 1.165) is 10.2 Å². The molecule has 0 aliphatic carbocycles. The molecule has 0 atom stereocenters. The average Bonchev–Trinajstić information content (AvgIpc) is 2.67. The first-order valence-electron chi connectivity index (χ1n) is 4.46. The fraction of sp³-hybridized carbons (Fsp3) is 0.222. The fourth-order valence-electron chi connectivity index (χ4n) is 1.03. The molecule has 0 bridgehead atoms. The normalized spacial score (nSPS) is 9.43. The summed E-state index contributed by atoms with van der Waals surface area (Å²) in [7, 11) is -1.39. The molecule has 0 unspecified atom stereocenters. The van der Waals surface area contributed by atoms with E-state index in [4.69, 9.17) is 10.0 Å². The second-order valence-corrected chi connectivity index (χ2v) is 3.34. The van der Waals surface area contributed by atoms with Crippen LogP contribution in [0.15, 0.2) is 23.7 Å². The average molecular weight is 209 g/mol. The Balaban J connectivity index is 0.000000461. The lowest BCUT2D eigenvalue weighted by Gasteiger charge is -1.96. The van der Waals surface area contributed by atoms with Gasteiger partial charge in [0.05, 0.1) is 15.7 Å². The molecule has 3 nitrogen and oxygen atoms in total. The van der Waals surface area contributed by atoms with Crippen LogP contribution in [0.4, 0.5) is 0 Å². The van der Waals surface area contributed by atoms with E-state index in [2.05, 4.69) is 4.98 Å². The molecule has 74 valence electrons. The largest absolute Gasteiger partial charge is 0.488 e. The fourth-order valence-corrected chi connectivity index (χ4v) is 1.76. The van der Waals surface area contributed by atoms with Gasteiger partial charge in [0.25, 0.3) is 0 Å². The van der Waals surface area contributed by atoms with Gasteiger partial charge in [-0.15, -0.1) is 11.3 Å². The second kappa shape index (κ2) is 5.09. The van der Waals surface area contributed by atoms with Crippen molar-refractivity contribution in [2.75, 3.05) is 0 Å². The summed E-state index contributed by atoms with van der Waals surface area (Å²) in [5, 5.41) is 17.7. The highest BCUT2D eigenvalue weighted by molar-refractivity contribution is 7.16. The number of aromatic nitrogens is 1. The first kappa shape index (κ1) is 11.2. The number of hydrogen-bond acceptors (Lipinski definition) is 4. The summed E-state index contributed by atoms with van der Waals surface area (Å²) >= 11 is 1.49. The Kier molecular flexibility index (Phi) is 4.07. The molecule has 5 heteroatoms. The van der Waals surface area contributed by atoms with E-state index >= 15 is 0 Å². The molecule has 0 saturated carbocycles. The molecule has 0 aliphatic heterocycles. The van der Waals surface area contributed by atoms with Crippen molar-refractivity contribution in [1.29, 1.82) is 0 Å². The van der Waals surface area contributed by atoms with E-state index in [-0.39, 0.29) is 0 Å². The minimum atomic E-state index is -1.39. The van der Waals surface area contributed by atoms with Crippen molar-refractivity contribution in [3.05, 3.63) is 23.7 Å². The summed E-state index contributed by atoms with van der Waals surface area (Å²) in [4.78, 5) is 4.07. The van der Waals surface area contributed by atoms with E-state index < -0.39 is 7.12 Å². The third-order valence-electron chi connectivity index (χ3n) is 1.65. The predicted octanol–water partition coefficient (Wildman–Crippen LogP) is 1.00. The number of rotatable bonds is 1. The Labute approximate surface area is 87.2 Å². The zero-order chi connectivity index (χ0) is 10.6. The van der Waals surface area contributed by atoms with Crippen molar-refractivity contribution in [1.82, 2.24) is 4.98 Å². The topological polar surface area (TPSA) is 53.4 Å². The van der Waals surface area contributed by atoms with Crippen molar-refractivity contribution in [2.24, 2.45) is 0 Å². The maximum Gasteiger partial charge on any atom is 0.488 e. The van der Waals surface area contributed by atoms with Gasteiger partial charge in [-0.1, -0.05) is 19.9 Å². The quantitative estimate of drug-likeness (QED) is 0.689. The van der Waals surface area contributed by atoms with E-state index in [1.165, 1.54) is 11.3 Å². The first-order valence-corrected chi connectivity index (χ1v) is 5.34. The zero-order valence-corrected chi connectivity index (χ0v) is 8.95. The van der Waals surface area contributed by atoms with Crippen LogP contribution in [0.5, 0.6) is 0 Å². The van der Waals surface area contributed by atoms with Gasteiger partial charge in [-0.2, -0.15) is 0 Å². The Hall–Kier alpha value is -0.905. The molecule has 1 aromatic heterocycles. The number of benzene rings is 1. The van der Waals surface area contributed by atoms with E-state index in [1.807, 2.05) is 13.8 Å². The van der Waals surface area contributed by atoms with Gasteiger partial charge in [0.15, 0.2) is 0 Å². The molecule has 1 heterocycles. The third kappa shape index (κ3) is 2.32. The summed E-state index contributed by atoms with van der Waals surface area (Å²) in [6.45, 7) is 4.00. The standard InChI is InChI=1S/C7H6BNO2S.C2H6/c10-8(11)5-1-2-6-7(3-5)12-4-9-6;1-2/h1-4,10-11H;1-2H3. The van der Waals surface area contributed by atoms with Gasteiger partial charge in [0.2, 0.25) is 0 Å². The van der Waals surface area contributed by atoms with Gasteiger partial charge in [0.1, 0.15) is 0 Å². The van der Waals surface area contributed by atoms with Gasteiger partial charge in [-0.25, -0.2) is 4.98 Å². The van der Waals surface area contributed by atoms with E-state index in [9.17, 15) is 0 Å². The lowest BCUT2D eigenvalue weighted by atomic mass is 9.80. The molecule has 0 spiro atoms. The molecule has 1 aromatic carbocycles. The molecule has 2 aromatic rings. The smallest absolute Gasteiger partial charge is 0.423 e. The molecular weight excluding hydrogens is 197 g/mol. The summed E-state index contributed by atoms with van der Waals surface area (Å²) in [6.07, 6.45) is 0. The summed E-state index contributed by atoms with van der Waals surface area (Å²) in [5.41, 5.74) is 3.13. The highest BCUT2D eigenvalue weighted by Crippen LogP contribution is 2.15. The lowest BCUT2D eigenvalue weighted by molar-refractivity contribution is 0.426. The first-order chi connectivity index (χ1) is 6.77. The van der Waals surface area contributed by atoms with Crippen LogP contribution in [0.25, 0.3) is 10.2 Å². The highest BCUT2D eigenvalue weighted by Gasteiger charge is 2.11. The van der Waals surface area contributed by atoms with Crippen LogP contribution in [0.2, 0.25) is 0 Å². The number of nitrogens with zero attached hydrogens (tertiary/aromatic N) is 1. The Morgan fingerprint density at radius 1 is 1.29 bits per heavy atom. The van der Waals surface area contributed by atoms with Crippen molar-refractivity contribution in [3.8, 4) is 0 Å². The molecule has 2 N–H and O–H groups in total. The SMILES string of the molecule is CC.OB(O)c1ccc2ncsc2c1. The van der Waals surface area contributed by atoms with Gasteiger partial charge in [-0.05, 0) is 17.6 Å². The highest BCUT2D eigenvalue weighted by atomic mass is 32.1. The van der Waals surface area contributed by atoms with Crippen LogP contribution >= 0.6 is 11.3 Å².